The molecule has 1 aromatic heterocycles. The summed E-state index contributed by atoms with van der Waals surface area (Å²) in [7, 11) is 1.61. The van der Waals surface area contributed by atoms with E-state index in [0.29, 0.717) is 37.0 Å². The van der Waals surface area contributed by atoms with Crippen LogP contribution in [0.15, 0.2) is 30.3 Å². The summed E-state index contributed by atoms with van der Waals surface area (Å²) in [6, 6.07) is 11.9. The minimum atomic E-state index is 0.392. The highest BCUT2D eigenvalue weighted by Gasteiger charge is 2.15. The van der Waals surface area contributed by atoms with Gasteiger partial charge in [0.15, 0.2) is 0 Å². The maximum Gasteiger partial charge on any atom is 0.218 e. The summed E-state index contributed by atoms with van der Waals surface area (Å²) < 4.78 is 12.4. The number of hydrogen-bond donors (Lipinski definition) is 1. The van der Waals surface area contributed by atoms with E-state index in [1.165, 1.54) is 5.56 Å². The van der Waals surface area contributed by atoms with Crippen LogP contribution in [0.3, 0.4) is 0 Å². The van der Waals surface area contributed by atoms with Crippen molar-refractivity contribution >= 4 is 5.69 Å². The van der Waals surface area contributed by atoms with Crippen LogP contribution in [0.2, 0.25) is 0 Å². The lowest BCUT2D eigenvalue weighted by Gasteiger charge is -2.12. The number of methoxy groups -OCH3 is 1. The third-order valence-electron chi connectivity index (χ3n) is 3.14. The molecule has 0 bridgehead atoms. The van der Waals surface area contributed by atoms with Gasteiger partial charge in [0.05, 0.1) is 18.8 Å². The van der Waals surface area contributed by atoms with Gasteiger partial charge in [-0.15, -0.1) is 0 Å². The molecule has 0 amide bonds. The van der Waals surface area contributed by atoms with E-state index >= 15 is 0 Å². The van der Waals surface area contributed by atoms with Gasteiger partial charge in [-0.05, 0) is 12.5 Å². The molecule has 0 atom stereocenters. The summed E-state index contributed by atoms with van der Waals surface area (Å²) in [6.07, 6.45) is 0. The highest BCUT2D eigenvalue weighted by Crippen LogP contribution is 2.27. The van der Waals surface area contributed by atoms with Gasteiger partial charge in [-0.1, -0.05) is 29.8 Å². The summed E-state index contributed by atoms with van der Waals surface area (Å²) in [5, 5.41) is 9.25. The number of nitrogens with zero attached hydrogens (tertiary/aromatic N) is 2. The zero-order chi connectivity index (χ0) is 15.2. The molecule has 21 heavy (non-hydrogen) atoms. The second kappa shape index (κ2) is 6.82. The number of nitrogens with two attached hydrogens (primary N) is 1. The fraction of sp³-hybridized carbons (Fsp3) is 0.312. The molecule has 0 saturated heterocycles. The molecule has 0 aliphatic heterocycles. The Hall–Kier alpha value is -2.45. The Balaban J connectivity index is 2.30. The van der Waals surface area contributed by atoms with Gasteiger partial charge in [-0.3, -0.25) is 4.57 Å². The lowest BCUT2D eigenvalue weighted by Crippen LogP contribution is -2.11. The first-order chi connectivity index (χ1) is 10.2. The van der Waals surface area contributed by atoms with Crippen molar-refractivity contribution in [1.82, 2.24) is 4.57 Å². The minimum Gasteiger partial charge on any atom is -0.475 e. The van der Waals surface area contributed by atoms with Gasteiger partial charge in [0.2, 0.25) is 5.88 Å². The van der Waals surface area contributed by atoms with Crippen molar-refractivity contribution in [3.8, 4) is 11.9 Å². The molecule has 2 N–H and O–H groups in total. The number of hydrogen-bond acceptors (Lipinski definition) is 4. The topological polar surface area (TPSA) is 73.2 Å². The fourth-order valence-electron chi connectivity index (χ4n) is 2.18. The average Bonchev–Trinajstić information content (AvgIpc) is 2.76. The number of ether oxygens (including phenoxy) is 2. The van der Waals surface area contributed by atoms with Gasteiger partial charge in [0.25, 0.3) is 0 Å². The molecule has 0 saturated carbocycles. The third kappa shape index (κ3) is 3.56. The van der Waals surface area contributed by atoms with Crippen molar-refractivity contribution in [2.24, 2.45) is 0 Å². The van der Waals surface area contributed by atoms with Gasteiger partial charge in [0.1, 0.15) is 18.4 Å². The normalized spacial score (nSPS) is 10.3. The summed E-state index contributed by atoms with van der Waals surface area (Å²) in [4.78, 5) is 0. The van der Waals surface area contributed by atoms with Crippen molar-refractivity contribution in [3.05, 3.63) is 47.2 Å². The molecule has 0 fully saturated rings. The summed E-state index contributed by atoms with van der Waals surface area (Å²) >= 11 is 0. The standard InChI is InChI=1S/C16H19N3O2/c1-12-4-3-5-13(8-12)11-19-14(10-17)9-15(18)16(19)21-7-6-20-2/h3-5,8-9H,6-7,11,18H2,1-2H3. The van der Waals surface area contributed by atoms with Gasteiger partial charge < -0.3 is 15.2 Å². The lowest BCUT2D eigenvalue weighted by molar-refractivity contribution is 0.142. The Morgan fingerprint density at radius 3 is 2.76 bits per heavy atom. The van der Waals surface area contributed by atoms with Gasteiger partial charge in [-0.25, -0.2) is 0 Å². The predicted octanol–water partition coefficient (Wildman–Crippen LogP) is 2.32. The number of aryl methyl sites for hydroxylation is 1. The van der Waals surface area contributed by atoms with E-state index in [-0.39, 0.29) is 0 Å². The molecule has 0 aliphatic carbocycles. The molecular weight excluding hydrogens is 266 g/mol. The van der Waals surface area contributed by atoms with E-state index < -0.39 is 0 Å². The Morgan fingerprint density at radius 2 is 2.10 bits per heavy atom. The van der Waals surface area contributed by atoms with E-state index in [1.54, 1.807) is 17.7 Å². The Morgan fingerprint density at radius 1 is 1.29 bits per heavy atom. The number of nitrogen functional groups attached to an aromatic ring is 1. The molecule has 0 aliphatic rings. The van der Waals surface area contributed by atoms with Gasteiger partial charge in [0, 0.05) is 13.2 Å². The summed E-state index contributed by atoms with van der Waals surface area (Å²) in [5.74, 6) is 0.519. The Kier molecular flexibility index (Phi) is 4.85. The molecule has 110 valence electrons. The van der Waals surface area contributed by atoms with Gasteiger partial charge in [-0.2, -0.15) is 5.26 Å². The summed E-state index contributed by atoms with van der Waals surface area (Å²) in [6.45, 7) is 3.44. The number of aromatic nitrogens is 1. The van der Waals surface area contributed by atoms with E-state index in [4.69, 9.17) is 15.2 Å². The van der Waals surface area contributed by atoms with Crippen molar-refractivity contribution in [1.29, 1.82) is 5.26 Å². The highest BCUT2D eigenvalue weighted by atomic mass is 16.5. The van der Waals surface area contributed by atoms with Crippen LogP contribution in [0, 0.1) is 18.3 Å². The predicted molar refractivity (Wildman–Crippen MR) is 81.2 cm³/mol. The van der Waals surface area contributed by atoms with Crippen LogP contribution in [0.4, 0.5) is 5.69 Å². The number of nitriles is 1. The van der Waals surface area contributed by atoms with E-state index in [9.17, 15) is 5.26 Å². The zero-order valence-electron chi connectivity index (χ0n) is 12.3. The van der Waals surface area contributed by atoms with Crippen LogP contribution >= 0.6 is 0 Å². The molecule has 2 rings (SSSR count). The number of benzene rings is 1. The van der Waals surface area contributed by atoms with Crippen LogP contribution in [-0.2, 0) is 11.3 Å². The van der Waals surface area contributed by atoms with E-state index in [0.717, 1.165) is 5.56 Å². The Bertz CT molecular complexity index is 656. The van der Waals surface area contributed by atoms with Gasteiger partial charge >= 0.3 is 0 Å². The molecule has 0 unspecified atom stereocenters. The monoisotopic (exact) mass is 285 g/mol. The smallest absolute Gasteiger partial charge is 0.218 e. The second-order valence-electron chi connectivity index (χ2n) is 4.82. The molecule has 5 nitrogen and oxygen atoms in total. The first kappa shape index (κ1) is 14.9. The molecule has 0 radical (unpaired) electrons. The SMILES string of the molecule is COCCOc1c(N)cc(C#N)n1Cc1cccc(C)c1. The first-order valence-electron chi connectivity index (χ1n) is 6.72. The van der Waals surface area contributed by atoms with Crippen LogP contribution in [-0.4, -0.2) is 24.9 Å². The lowest BCUT2D eigenvalue weighted by atomic mass is 10.1. The minimum absolute atomic E-state index is 0.392. The molecule has 1 aromatic carbocycles. The average molecular weight is 285 g/mol. The van der Waals surface area contributed by atoms with Crippen LogP contribution in [0.25, 0.3) is 0 Å². The van der Waals surface area contributed by atoms with Crippen molar-refractivity contribution in [3.63, 3.8) is 0 Å². The van der Waals surface area contributed by atoms with Crippen molar-refractivity contribution < 1.29 is 9.47 Å². The second-order valence-corrected chi connectivity index (χ2v) is 4.82. The third-order valence-corrected chi connectivity index (χ3v) is 3.14. The maximum absolute atomic E-state index is 9.25. The summed E-state index contributed by atoms with van der Waals surface area (Å²) in [5.41, 5.74) is 9.17. The van der Waals surface area contributed by atoms with E-state index in [1.807, 2.05) is 25.1 Å². The van der Waals surface area contributed by atoms with Crippen LogP contribution in [0.5, 0.6) is 5.88 Å². The van der Waals surface area contributed by atoms with Crippen LogP contribution in [0.1, 0.15) is 16.8 Å². The largest absolute Gasteiger partial charge is 0.475 e. The van der Waals surface area contributed by atoms with Crippen molar-refractivity contribution in [2.45, 2.75) is 13.5 Å². The quantitative estimate of drug-likeness (QED) is 0.827. The molecule has 2 aromatic rings. The Labute approximate surface area is 124 Å². The van der Waals surface area contributed by atoms with Crippen molar-refractivity contribution in [2.75, 3.05) is 26.1 Å². The highest BCUT2D eigenvalue weighted by molar-refractivity contribution is 5.55. The number of rotatable bonds is 6. The van der Waals surface area contributed by atoms with Crippen LogP contribution < -0.4 is 10.5 Å². The molecule has 0 spiro atoms. The fourth-order valence-corrected chi connectivity index (χ4v) is 2.18. The molecule has 5 heteroatoms. The molecule has 1 heterocycles. The number of anilines is 1. The zero-order valence-corrected chi connectivity index (χ0v) is 12.3. The molecular formula is C16H19N3O2. The maximum atomic E-state index is 9.25. The first-order valence-corrected chi connectivity index (χ1v) is 6.72. The van der Waals surface area contributed by atoms with E-state index in [2.05, 4.69) is 12.1 Å².